The van der Waals surface area contributed by atoms with E-state index in [9.17, 15) is 0 Å². The van der Waals surface area contributed by atoms with E-state index in [2.05, 4.69) is 156 Å². The van der Waals surface area contributed by atoms with Crippen molar-refractivity contribution in [3.05, 3.63) is 128 Å². The second-order valence-corrected chi connectivity index (χ2v) is 31.0. The Morgan fingerprint density at radius 1 is 0.373 bits per heavy atom. The summed E-state index contributed by atoms with van der Waals surface area (Å²) >= 11 is -4.82. The average molecular weight is 880 g/mol. The Labute approximate surface area is 356 Å². The van der Waals surface area contributed by atoms with Gasteiger partial charge in [0.05, 0.1) is 0 Å². The van der Waals surface area contributed by atoms with Gasteiger partial charge in [-0.1, -0.05) is 0 Å². The van der Waals surface area contributed by atoms with Gasteiger partial charge < -0.3 is 0 Å². The molecular formula is C48H48Cl2GeN8. The van der Waals surface area contributed by atoms with Crippen LogP contribution in [0.2, 0.25) is 0 Å². The van der Waals surface area contributed by atoms with Gasteiger partial charge in [0.25, 0.3) is 0 Å². The second kappa shape index (κ2) is 12.2. The summed E-state index contributed by atoms with van der Waals surface area (Å²) in [4.78, 5) is 32.5. The number of hydrogen-bond acceptors (Lipinski definition) is 6. The fraction of sp³-hybridized carbons (Fsp3) is 0.333. The molecule has 0 aliphatic carbocycles. The number of nitrogens with zero attached hydrogens (tertiary/aromatic N) is 8. The molecular weight excluding hydrogens is 832 g/mol. The minimum absolute atomic E-state index is 0.103. The summed E-state index contributed by atoms with van der Waals surface area (Å²) in [6.07, 6.45) is 0. The first-order chi connectivity index (χ1) is 27.5. The molecule has 11 heteroatoms. The molecule has 0 fully saturated rings. The number of halogens is 2. The van der Waals surface area contributed by atoms with Crippen LogP contribution < -0.4 is 11.0 Å². The van der Waals surface area contributed by atoms with Crippen LogP contribution in [-0.4, -0.2) is 42.2 Å². The van der Waals surface area contributed by atoms with Gasteiger partial charge in [0.1, 0.15) is 0 Å². The predicted molar refractivity (Wildman–Crippen MR) is 248 cm³/mol. The molecule has 0 saturated heterocycles. The summed E-state index contributed by atoms with van der Waals surface area (Å²) < 4.78 is 4.05. The molecule has 0 spiro atoms. The number of amidine groups is 4. The van der Waals surface area contributed by atoms with Crippen LogP contribution in [0.4, 0.5) is 11.6 Å². The van der Waals surface area contributed by atoms with Crippen LogP contribution in [0.1, 0.15) is 128 Å². The molecule has 0 unspecified atom stereocenters. The zero-order valence-corrected chi connectivity index (χ0v) is 39.4. The first kappa shape index (κ1) is 38.6. The Morgan fingerprint density at radius 2 is 0.746 bits per heavy atom. The molecule has 298 valence electrons. The Balaban J connectivity index is 1.46. The van der Waals surface area contributed by atoms with Crippen molar-refractivity contribution in [1.82, 2.24) is 7.05 Å². The fourth-order valence-electron chi connectivity index (χ4n) is 8.48. The average Bonchev–Trinajstić information content (AvgIpc) is 3.85. The van der Waals surface area contributed by atoms with Crippen LogP contribution in [-0.2, 0) is 21.7 Å². The Morgan fingerprint density at radius 3 is 1.25 bits per heavy atom. The first-order valence-electron chi connectivity index (χ1n) is 20.4. The third-order valence-electron chi connectivity index (χ3n) is 12.1. The molecule has 59 heavy (non-hydrogen) atoms. The van der Waals surface area contributed by atoms with E-state index in [-0.39, 0.29) is 21.7 Å². The summed E-state index contributed by atoms with van der Waals surface area (Å²) in [6, 6.07) is 26.1. The van der Waals surface area contributed by atoms with Gasteiger partial charge in [-0.05, 0) is 0 Å². The van der Waals surface area contributed by atoms with Crippen molar-refractivity contribution in [1.29, 1.82) is 0 Å². The molecule has 4 aromatic carbocycles. The summed E-state index contributed by atoms with van der Waals surface area (Å²) in [5.41, 5.74) is 9.02. The molecule has 6 heterocycles. The molecule has 4 aliphatic heterocycles. The van der Waals surface area contributed by atoms with Crippen LogP contribution >= 0.6 is 20.0 Å². The molecule has 0 atom stereocenters. The number of rotatable bonds is 0. The summed E-state index contributed by atoms with van der Waals surface area (Å²) in [6.45, 7) is 26.6. The Kier molecular flexibility index (Phi) is 7.99. The number of fused-ring (bicyclic) bond motifs is 14. The van der Waals surface area contributed by atoms with Crippen LogP contribution in [0.15, 0.2) is 103 Å². The SMILES string of the molecule is CC(C)(C)c1ccc2c(c1)C1=NC2=Nc2c3cc(C(C)(C)C)ccc3c3[n]2[Ge]([Cl])([Cl])[n]2c(c4ccc(C(C)(C)C)cc4c2=NC2=NC(=N3)c3cc(C(C)(C)C)ccc32)=N1. The van der Waals surface area contributed by atoms with Gasteiger partial charge in [0, 0.05) is 0 Å². The fourth-order valence-corrected chi connectivity index (χ4v) is 15.8. The van der Waals surface area contributed by atoms with Crippen molar-refractivity contribution < 1.29 is 0 Å². The van der Waals surface area contributed by atoms with E-state index < -0.39 is 11.9 Å². The topological polar surface area (TPSA) is 84.0 Å². The van der Waals surface area contributed by atoms with Crippen molar-refractivity contribution in [2.45, 2.75) is 105 Å². The molecule has 0 saturated carbocycles. The first-order valence-corrected chi connectivity index (χ1v) is 27.7. The summed E-state index contributed by atoms with van der Waals surface area (Å²) in [5.74, 6) is 3.46. The van der Waals surface area contributed by atoms with Gasteiger partial charge in [-0.15, -0.1) is 0 Å². The van der Waals surface area contributed by atoms with Crippen LogP contribution in [0, 0.1) is 0 Å². The third kappa shape index (κ3) is 5.83. The number of hydrogen-bond donors (Lipinski definition) is 0. The molecule has 8 nitrogen and oxygen atoms in total. The summed E-state index contributed by atoms with van der Waals surface area (Å²) in [7, 11) is 16.5. The van der Waals surface area contributed by atoms with Crippen molar-refractivity contribution in [3.63, 3.8) is 0 Å². The van der Waals surface area contributed by atoms with Crippen LogP contribution in [0.5, 0.6) is 0 Å². The molecule has 0 amide bonds. The molecule has 0 radical (unpaired) electrons. The van der Waals surface area contributed by atoms with Crippen LogP contribution in [0.3, 0.4) is 0 Å². The van der Waals surface area contributed by atoms with Crippen LogP contribution in [0.25, 0.3) is 21.5 Å². The van der Waals surface area contributed by atoms with Gasteiger partial charge >= 0.3 is 358 Å². The van der Waals surface area contributed by atoms with Gasteiger partial charge in [-0.2, -0.15) is 0 Å². The van der Waals surface area contributed by atoms with E-state index in [4.69, 9.17) is 50.0 Å². The number of aromatic nitrogens is 2. The Bertz CT molecular complexity index is 3160. The number of aliphatic imine (C=N–C) groups is 4. The maximum atomic E-state index is 8.25. The number of benzene rings is 4. The molecule has 2 aromatic heterocycles. The second-order valence-electron chi connectivity index (χ2n) is 20.5. The van der Waals surface area contributed by atoms with Gasteiger partial charge in [-0.25, -0.2) is 0 Å². The summed E-state index contributed by atoms with van der Waals surface area (Å²) in [5, 5.41) is 3.55. The van der Waals surface area contributed by atoms with E-state index >= 15 is 0 Å². The zero-order valence-electron chi connectivity index (χ0n) is 35.8. The standard InChI is InChI=1S/C48H48Cl2GeN8/c1-45(2,3)25-13-17-29-33(21-25)39-52-37(29)54-43-36-24-28(48(10,11)12)16-20-32(36)42-57-40-34-22-26(46(4,5)6)14-18-30(34)38(53-40)55-44-35-23-27(47(7,8)9)15-19-31(35)41(56-39)58(44)51(49,50)59(42)43/h13-24H,1-12H3. The molecule has 6 aromatic rings. The van der Waals surface area contributed by atoms with Crippen molar-refractivity contribution in [2.75, 3.05) is 0 Å². The van der Waals surface area contributed by atoms with E-state index in [1.165, 1.54) is 11.1 Å². The normalized spacial score (nSPS) is 16.8. The minimum atomic E-state index is -4.82. The van der Waals surface area contributed by atoms with Gasteiger partial charge in [0.2, 0.25) is 0 Å². The molecule has 4 aliphatic rings. The third-order valence-corrected chi connectivity index (χ3v) is 19.7. The van der Waals surface area contributed by atoms with Crippen molar-refractivity contribution >= 4 is 88.4 Å². The monoisotopic (exact) mass is 880 g/mol. The quantitative estimate of drug-likeness (QED) is 0.136. The predicted octanol–water partition coefficient (Wildman–Crippen LogP) is 11.0. The molecule has 6 bridgehead atoms. The van der Waals surface area contributed by atoms with E-state index in [1.807, 2.05) is 7.05 Å². The Hall–Kier alpha value is -4.64. The van der Waals surface area contributed by atoms with E-state index in [0.717, 1.165) is 54.9 Å². The maximum absolute atomic E-state index is 8.25. The van der Waals surface area contributed by atoms with Crippen molar-refractivity contribution in [3.8, 4) is 0 Å². The van der Waals surface area contributed by atoms with Gasteiger partial charge in [0.15, 0.2) is 0 Å². The zero-order chi connectivity index (χ0) is 41.9. The molecule has 10 rings (SSSR count). The van der Waals surface area contributed by atoms with E-state index in [1.54, 1.807) is 0 Å². The van der Waals surface area contributed by atoms with E-state index in [0.29, 0.717) is 46.0 Å². The van der Waals surface area contributed by atoms with Crippen molar-refractivity contribution in [2.24, 2.45) is 30.0 Å². The van der Waals surface area contributed by atoms with Gasteiger partial charge in [-0.3, -0.25) is 0 Å². The molecule has 0 N–H and O–H groups in total.